The van der Waals surface area contributed by atoms with Crippen molar-refractivity contribution in [1.29, 1.82) is 0 Å². The molecule has 1 aromatic carbocycles. The van der Waals surface area contributed by atoms with E-state index < -0.39 is 5.60 Å². The summed E-state index contributed by atoms with van der Waals surface area (Å²) in [6, 6.07) is 8.32. The molecule has 3 rings (SSSR count). The van der Waals surface area contributed by atoms with E-state index >= 15 is 0 Å². The molecule has 2 aromatic rings. The number of carbonyl (C=O) groups is 1. The van der Waals surface area contributed by atoms with Gasteiger partial charge in [0.15, 0.2) is 0 Å². The summed E-state index contributed by atoms with van der Waals surface area (Å²) in [7, 11) is 0. The summed E-state index contributed by atoms with van der Waals surface area (Å²) in [6.45, 7) is 7.92. The number of nitrogens with zero attached hydrogens (tertiary/aromatic N) is 4. The minimum Gasteiger partial charge on any atom is -0.444 e. The van der Waals surface area contributed by atoms with Crippen LogP contribution in [-0.2, 0) is 4.74 Å². The molecule has 1 saturated heterocycles. The molecular formula is C19H23FN4O2. The van der Waals surface area contributed by atoms with Gasteiger partial charge in [-0.2, -0.15) is 0 Å². The van der Waals surface area contributed by atoms with E-state index in [-0.39, 0.29) is 11.9 Å². The molecule has 0 spiro atoms. The second-order valence-electron chi connectivity index (χ2n) is 7.20. The highest BCUT2D eigenvalue weighted by atomic mass is 19.1. The van der Waals surface area contributed by atoms with Gasteiger partial charge in [0, 0.05) is 37.8 Å². The highest BCUT2D eigenvalue weighted by Crippen LogP contribution is 2.24. The maximum Gasteiger partial charge on any atom is 0.410 e. The van der Waals surface area contributed by atoms with Crippen molar-refractivity contribution < 1.29 is 13.9 Å². The number of piperazine rings is 1. The van der Waals surface area contributed by atoms with Crippen LogP contribution in [0.25, 0.3) is 11.3 Å². The number of amides is 1. The van der Waals surface area contributed by atoms with Crippen LogP contribution in [0.15, 0.2) is 36.7 Å². The first-order valence-electron chi connectivity index (χ1n) is 8.63. The number of halogens is 1. The number of rotatable bonds is 2. The SMILES string of the molecule is CC(C)(C)OC(=O)N1CCN(c2cc(-c3ccccc3F)ncn2)CC1. The first-order valence-corrected chi connectivity index (χ1v) is 8.63. The third kappa shape index (κ3) is 4.28. The molecule has 138 valence electrons. The molecule has 1 fully saturated rings. The summed E-state index contributed by atoms with van der Waals surface area (Å²) in [4.78, 5) is 24.4. The minimum absolute atomic E-state index is 0.299. The summed E-state index contributed by atoms with van der Waals surface area (Å²) >= 11 is 0. The predicted molar refractivity (Wildman–Crippen MR) is 97.4 cm³/mol. The fraction of sp³-hybridized carbons (Fsp3) is 0.421. The zero-order valence-electron chi connectivity index (χ0n) is 15.3. The highest BCUT2D eigenvalue weighted by Gasteiger charge is 2.26. The van der Waals surface area contributed by atoms with Crippen LogP contribution in [0.2, 0.25) is 0 Å². The van der Waals surface area contributed by atoms with E-state index in [0.29, 0.717) is 37.4 Å². The van der Waals surface area contributed by atoms with Gasteiger partial charge in [0.05, 0.1) is 5.69 Å². The van der Waals surface area contributed by atoms with Crippen molar-refractivity contribution >= 4 is 11.9 Å². The summed E-state index contributed by atoms with van der Waals surface area (Å²) in [5, 5.41) is 0. The van der Waals surface area contributed by atoms with E-state index in [1.54, 1.807) is 29.2 Å². The molecular weight excluding hydrogens is 335 g/mol. The standard InChI is InChI=1S/C19H23FN4O2/c1-19(2,3)26-18(25)24-10-8-23(9-11-24)17-12-16(21-13-22-17)14-6-4-5-7-15(14)20/h4-7,12-13H,8-11H2,1-3H3. The van der Waals surface area contributed by atoms with Gasteiger partial charge in [-0.25, -0.2) is 19.2 Å². The van der Waals surface area contributed by atoms with Crippen LogP contribution in [-0.4, -0.2) is 52.7 Å². The lowest BCUT2D eigenvalue weighted by molar-refractivity contribution is 0.0240. The van der Waals surface area contributed by atoms with Gasteiger partial charge in [-0.1, -0.05) is 12.1 Å². The highest BCUT2D eigenvalue weighted by molar-refractivity contribution is 5.69. The Labute approximate surface area is 152 Å². The summed E-state index contributed by atoms with van der Waals surface area (Å²) in [5.74, 6) is 0.411. The van der Waals surface area contributed by atoms with Crippen molar-refractivity contribution in [2.45, 2.75) is 26.4 Å². The number of benzene rings is 1. The smallest absolute Gasteiger partial charge is 0.410 e. The van der Waals surface area contributed by atoms with Crippen LogP contribution in [0, 0.1) is 5.82 Å². The largest absolute Gasteiger partial charge is 0.444 e. The average molecular weight is 358 g/mol. The van der Waals surface area contributed by atoms with Crippen molar-refractivity contribution in [3.05, 3.63) is 42.5 Å². The Morgan fingerprint density at radius 2 is 1.81 bits per heavy atom. The van der Waals surface area contributed by atoms with Crippen molar-refractivity contribution in [2.75, 3.05) is 31.1 Å². The molecule has 0 saturated carbocycles. The Morgan fingerprint density at radius 1 is 1.12 bits per heavy atom. The number of carbonyl (C=O) groups excluding carboxylic acids is 1. The van der Waals surface area contributed by atoms with Gasteiger partial charge in [0.2, 0.25) is 0 Å². The van der Waals surface area contributed by atoms with E-state index in [1.165, 1.54) is 12.4 Å². The normalized spacial score (nSPS) is 15.1. The van der Waals surface area contributed by atoms with Crippen LogP contribution in [0.5, 0.6) is 0 Å². The summed E-state index contributed by atoms with van der Waals surface area (Å²) in [6.07, 6.45) is 1.14. The molecule has 2 heterocycles. The third-order valence-corrected chi connectivity index (χ3v) is 4.06. The molecule has 1 aliphatic rings. The summed E-state index contributed by atoms with van der Waals surface area (Å²) in [5.41, 5.74) is 0.487. The molecule has 7 heteroatoms. The lowest BCUT2D eigenvalue weighted by atomic mass is 10.1. The number of hydrogen-bond acceptors (Lipinski definition) is 5. The van der Waals surface area contributed by atoms with E-state index in [1.807, 2.05) is 20.8 Å². The number of aromatic nitrogens is 2. The van der Waals surface area contributed by atoms with Crippen molar-refractivity contribution in [3.8, 4) is 11.3 Å². The van der Waals surface area contributed by atoms with Gasteiger partial charge in [-0.15, -0.1) is 0 Å². The Hall–Kier alpha value is -2.70. The number of ether oxygens (including phenoxy) is 1. The fourth-order valence-corrected chi connectivity index (χ4v) is 2.78. The molecule has 26 heavy (non-hydrogen) atoms. The monoisotopic (exact) mass is 358 g/mol. The molecule has 0 radical (unpaired) electrons. The molecule has 0 bridgehead atoms. The maximum absolute atomic E-state index is 14.0. The topological polar surface area (TPSA) is 58.6 Å². The van der Waals surface area contributed by atoms with E-state index in [9.17, 15) is 9.18 Å². The quantitative estimate of drug-likeness (QED) is 0.824. The Morgan fingerprint density at radius 3 is 2.46 bits per heavy atom. The van der Waals surface area contributed by atoms with Gasteiger partial charge in [0.25, 0.3) is 0 Å². The van der Waals surface area contributed by atoms with Gasteiger partial charge < -0.3 is 14.5 Å². The zero-order valence-corrected chi connectivity index (χ0v) is 15.3. The van der Waals surface area contributed by atoms with E-state index in [4.69, 9.17) is 4.74 Å². The fourth-order valence-electron chi connectivity index (χ4n) is 2.78. The van der Waals surface area contributed by atoms with E-state index in [0.717, 1.165) is 5.82 Å². The Balaban J connectivity index is 1.68. The third-order valence-electron chi connectivity index (χ3n) is 4.06. The maximum atomic E-state index is 14.0. The Bertz CT molecular complexity index is 783. The summed E-state index contributed by atoms with van der Waals surface area (Å²) < 4.78 is 19.4. The van der Waals surface area contributed by atoms with E-state index in [2.05, 4.69) is 14.9 Å². The van der Waals surface area contributed by atoms with Crippen LogP contribution >= 0.6 is 0 Å². The van der Waals surface area contributed by atoms with Crippen LogP contribution in [0.3, 0.4) is 0 Å². The van der Waals surface area contributed by atoms with Crippen LogP contribution in [0.1, 0.15) is 20.8 Å². The predicted octanol–water partition coefficient (Wildman–Crippen LogP) is 3.34. The van der Waals surface area contributed by atoms with Crippen molar-refractivity contribution in [2.24, 2.45) is 0 Å². The first-order chi connectivity index (χ1) is 12.3. The molecule has 1 aromatic heterocycles. The van der Waals surface area contributed by atoms with Gasteiger partial charge in [-0.3, -0.25) is 0 Å². The molecule has 0 unspecified atom stereocenters. The zero-order chi connectivity index (χ0) is 18.7. The van der Waals surface area contributed by atoms with Crippen molar-refractivity contribution in [3.63, 3.8) is 0 Å². The van der Waals surface area contributed by atoms with Gasteiger partial charge >= 0.3 is 6.09 Å². The second kappa shape index (κ2) is 7.27. The lowest BCUT2D eigenvalue weighted by Gasteiger charge is -2.36. The lowest BCUT2D eigenvalue weighted by Crippen LogP contribution is -2.50. The van der Waals surface area contributed by atoms with Crippen LogP contribution < -0.4 is 4.90 Å². The Kier molecular flexibility index (Phi) is 5.06. The average Bonchev–Trinajstić information content (AvgIpc) is 2.61. The number of hydrogen-bond donors (Lipinski definition) is 0. The molecule has 0 aliphatic carbocycles. The number of anilines is 1. The second-order valence-corrected chi connectivity index (χ2v) is 7.20. The minimum atomic E-state index is -0.504. The van der Waals surface area contributed by atoms with Crippen molar-refractivity contribution in [1.82, 2.24) is 14.9 Å². The van der Waals surface area contributed by atoms with Gasteiger partial charge in [0.1, 0.15) is 23.6 Å². The van der Waals surface area contributed by atoms with Crippen LogP contribution in [0.4, 0.5) is 15.0 Å². The van der Waals surface area contributed by atoms with Gasteiger partial charge in [-0.05, 0) is 32.9 Å². The molecule has 0 atom stereocenters. The first kappa shape index (κ1) is 18.1. The molecule has 0 N–H and O–H groups in total. The molecule has 1 aliphatic heterocycles. The molecule has 6 nitrogen and oxygen atoms in total. The molecule has 1 amide bonds.